The summed E-state index contributed by atoms with van der Waals surface area (Å²) in [6, 6.07) is 6.11. The van der Waals surface area contributed by atoms with Crippen LogP contribution in [0.1, 0.15) is 37.5 Å². The minimum Gasteiger partial charge on any atom is -0.115 e. The zero-order valence-electron chi connectivity index (χ0n) is 8.52. The summed E-state index contributed by atoms with van der Waals surface area (Å²) in [6.07, 6.45) is 5.37. The summed E-state index contributed by atoms with van der Waals surface area (Å²) in [5.74, 6) is 2.65. The molecule has 1 radical (unpaired) electrons. The Labute approximate surface area is 81.0 Å². The first-order chi connectivity index (χ1) is 5.95. The van der Waals surface area contributed by atoms with E-state index in [-0.39, 0.29) is 5.41 Å². The van der Waals surface area contributed by atoms with E-state index in [1.165, 1.54) is 5.56 Å². The van der Waals surface area contributed by atoms with Gasteiger partial charge in [-0.25, -0.2) is 0 Å². The van der Waals surface area contributed by atoms with Crippen molar-refractivity contribution in [1.82, 2.24) is 0 Å². The molecule has 0 atom stereocenters. The fraction of sp³-hybridized carbons (Fsp3) is 0.308. The monoisotopic (exact) mass is 171 g/mol. The molecule has 0 bridgehead atoms. The van der Waals surface area contributed by atoms with Crippen LogP contribution in [0.15, 0.2) is 18.2 Å². The van der Waals surface area contributed by atoms with Gasteiger partial charge in [0.05, 0.1) is 0 Å². The van der Waals surface area contributed by atoms with E-state index in [1.807, 2.05) is 12.1 Å². The first kappa shape index (κ1) is 9.86. The van der Waals surface area contributed by atoms with Crippen molar-refractivity contribution in [1.29, 1.82) is 0 Å². The Morgan fingerprint density at radius 3 is 2.38 bits per heavy atom. The Balaban J connectivity index is 3.24. The summed E-state index contributed by atoms with van der Waals surface area (Å²) in [7, 11) is 0. The molecule has 13 heavy (non-hydrogen) atoms. The van der Waals surface area contributed by atoms with Gasteiger partial charge in [-0.3, -0.25) is 0 Å². The molecule has 0 saturated carbocycles. The molecule has 0 nitrogen and oxygen atoms in total. The number of hydrogen-bond acceptors (Lipinski definition) is 0. The van der Waals surface area contributed by atoms with E-state index in [2.05, 4.69) is 39.7 Å². The van der Waals surface area contributed by atoms with Gasteiger partial charge in [-0.15, -0.1) is 6.42 Å². The molecule has 0 fully saturated rings. The molecule has 0 amide bonds. The lowest BCUT2D eigenvalue weighted by Gasteiger charge is -2.19. The average Bonchev–Trinajstić information content (AvgIpc) is 2.03. The molecule has 1 aromatic carbocycles. The third-order valence-corrected chi connectivity index (χ3v) is 2.13. The van der Waals surface area contributed by atoms with Crippen LogP contribution in [0.5, 0.6) is 0 Å². The molecule has 0 N–H and O–H groups in total. The fourth-order valence-electron chi connectivity index (χ4n) is 1.18. The topological polar surface area (TPSA) is 0 Å². The largest absolute Gasteiger partial charge is 0.115 e. The van der Waals surface area contributed by atoms with Crippen LogP contribution in [0.4, 0.5) is 0 Å². The van der Waals surface area contributed by atoms with Crippen LogP contribution in [0.2, 0.25) is 0 Å². The molecule has 0 heteroatoms. The standard InChI is InChI=1S/C13H15/c1-6-11-9-12(13(3,4)5)8-7-10(11)2/h1,7-9H,2H2,3-5H3. The highest BCUT2D eigenvalue weighted by Gasteiger charge is 2.13. The van der Waals surface area contributed by atoms with Crippen molar-refractivity contribution in [2.24, 2.45) is 0 Å². The van der Waals surface area contributed by atoms with Gasteiger partial charge in [-0.2, -0.15) is 0 Å². The fourth-order valence-corrected chi connectivity index (χ4v) is 1.18. The molecule has 1 rings (SSSR count). The van der Waals surface area contributed by atoms with Gasteiger partial charge in [-0.05, 0) is 29.5 Å². The van der Waals surface area contributed by atoms with Crippen LogP contribution in [-0.2, 0) is 5.41 Å². The Bertz CT molecular complexity index is 345. The number of terminal acetylenes is 1. The number of benzene rings is 1. The molecular weight excluding hydrogens is 156 g/mol. The van der Waals surface area contributed by atoms with Gasteiger partial charge in [-0.1, -0.05) is 38.8 Å². The Hall–Kier alpha value is -1.22. The lowest BCUT2D eigenvalue weighted by atomic mass is 9.85. The molecule has 67 valence electrons. The third-order valence-electron chi connectivity index (χ3n) is 2.13. The van der Waals surface area contributed by atoms with Gasteiger partial charge in [0.25, 0.3) is 0 Å². The van der Waals surface area contributed by atoms with Crippen molar-refractivity contribution in [3.63, 3.8) is 0 Å². The normalized spacial score (nSPS) is 11.0. The maximum absolute atomic E-state index is 5.37. The van der Waals surface area contributed by atoms with Gasteiger partial charge < -0.3 is 0 Å². The SMILES string of the molecule is C#Cc1cc(C(C)(C)C)ccc1[CH2]. The number of rotatable bonds is 0. The molecular formula is C13H15. The molecule has 0 saturated heterocycles. The van der Waals surface area contributed by atoms with Gasteiger partial charge in [0.2, 0.25) is 0 Å². The highest BCUT2D eigenvalue weighted by atomic mass is 14.2. The Morgan fingerprint density at radius 2 is 1.92 bits per heavy atom. The van der Waals surface area contributed by atoms with E-state index in [4.69, 9.17) is 6.42 Å². The van der Waals surface area contributed by atoms with Crippen LogP contribution >= 0.6 is 0 Å². The summed E-state index contributed by atoms with van der Waals surface area (Å²) >= 11 is 0. The Kier molecular flexibility index (Phi) is 2.48. The predicted octanol–water partition coefficient (Wildman–Crippen LogP) is 3.15. The second-order valence-corrected chi connectivity index (χ2v) is 4.27. The van der Waals surface area contributed by atoms with Crippen LogP contribution in [0, 0.1) is 19.3 Å². The molecule has 0 aromatic heterocycles. The minimum absolute atomic E-state index is 0.152. The molecule has 0 aliphatic carbocycles. The van der Waals surface area contributed by atoms with E-state index < -0.39 is 0 Å². The van der Waals surface area contributed by atoms with Crippen LogP contribution in [-0.4, -0.2) is 0 Å². The predicted molar refractivity (Wildman–Crippen MR) is 57.5 cm³/mol. The average molecular weight is 171 g/mol. The van der Waals surface area contributed by atoms with Gasteiger partial charge in [0, 0.05) is 5.56 Å². The second-order valence-electron chi connectivity index (χ2n) is 4.27. The van der Waals surface area contributed by atoms with E-state index in [9.17, 15) is 0 Å². The van der Waals surface area contributed by atoms with Crippen molar-refractivity contribution in [3.05, 3.63) is 41.8 Å². The van der Waals surface area contributed by atoms with Crippen LogP contribution in [0.3, 0.4) is 0 Å². The smallest absolute Gasteiger partial charge is 0.0277 e. The maximum atomic E-state index is 5.37. The van der Waals surface area contributed by atoms with Crippen LogP contribution < -0.4 is 0 Å². The zero-order chi connectivity index (χ0) is 10.1. The van der Waals surface area contributed by atoms with Gasteiger partial charge in [0.1, 0.15) is 0 Å². The number of hydrogen-bond donors (Lipinski definition) is 0. The lowest BCUT2D eigenvalue weighted by Crippen LogP contribution is -2.11. The first-order valence-corrected chi connectivity index (χ1v) is 4.38. The minimum atomic E-state index is 0.152. The van der Waals surface area contributed by atoms with Gasteiger partial charge in [0.15, 0.2) is 0 Å². The van der Waals surface area contributed by atoms with Crippen molar-refractivity contribution in [2.75, 3.05) is 0 Å². The third kappa shape index (κ3) is 2.12. The summed E-state index contributed by atoms with van der Waals surface area (Å²) in [5.41, 5.74) is 3.23. The highest BCUT2D eigenvalue weighted by Crippen LogP contribution is 2.23. The molecule has 0 unspecified atom stereocenters. The van der Waals surface area contributed by atoms with Crippen LogP contribution in [0.25, 0.3) is 0 Å². The van der Waals surface area contributed by atoms with E-state index >= 15 is 0 Å². The van der Waals surface area contributed by atoms with E-state index in [1.54, 1.807) is 0 Å². The summed E-state index contributed by atoms with van der Waals surface area (Å²) in [4.78, 5) is 0. The highest BCUT2D eigenvalue weighted by molar-refractivity contribution is 5.45. The summed E-state index contributed by atoms with van der Waals surface area (Å²) < 4.78 is 0. The van der Waals surface area contributed by atoms with Crippen molar-refractivity contribution >= 4 is 0 Å². The van der Waals surface area contributed by atoms with Gasteiger partial charge >= 0.3 is 0 Å². The van der Waals surface area contributed by atoms with Crippen molar-refractivity contribution in [2.45, 2.75) is 26.2 Å². The molecule has 0 spiro atoms. The van der Waals surface area contributed by atoms with Crippen molar-refractivity contribution in [3.8, 4) is 12.3 Å². The molecule has 0 aliphatic rings. The lowest BCUT2D eigenvalue weighted by molar-refractivity contribution is 0.590. The summed E-state index contributed by atoms with van der Waals surface area (Å²) in [6.45, 7) is 10.4. The molecule has 0 heterocycles. The summed E-state index contributed by atoms with van der Waals surface area (Å²) in [5, 5.41) is 0. The van der Waals surface area contributed by atoms with E-state index in [0.717, 1.165) is 11.1 Å². The van der Waals surface area contributed by atoms with Crippen molar-refractivity contribution < 1.29 is 0 Å². The second kappa shape index (κ2) is 3.26. The Morgan fingerprint density at radius 1 is 1.31 bits per heavy atom. The quantitative estimate of drug-likeness (QED) is 0.526. The van der Waals surface area contributed by atoms with E-state index in [0.29, 0.717) is 0 Å². The maximum Gasteiger partial charge on any atom is 0.0277 e. The molecule has 0 aliphatic heterocycles. The first-order valence-electron chi connectivity index (χ1n) is 4.38. The zero-order valence-corrected chi connectivity index (χ0v) is 8.52. The molecule has 1 aromatic rings.